The first kappa shape index (κ1) is 23.7. The van der Waals surface area contributed by atoms with Crippen molar-refractivity contribution in [3.05, 3.63) is 65.9 Å². The Bertz CT molecular complexity index is 736. The van der Waals surface area contributed by atoms with Gasteiger partial charge < -0.3 is 0 Å². The summed E-state index contributed by atoms with van der Waals surface area (Å²) < 4.78 is 0. The van der Waals surface area contributed by atoms with E-state index < -0.39 is 16.1 Å². The van der Waals surface area contributed by atoms with Gasteiger partial charge >= 0.3 is 38.5 Å². The quantitative estimate of drug-likeness (QED) is 0.349. The minimum atomic E-state index is -1.08. The zero-order chi connectivity index (χ0) is 20.0. The Kier molecular flexibility index (Phi) is 9.38. The molecule has 1 aliphatic carbocycles. The third-order valence-electron chi connectivity index (χ3n) is 4.11. The predicted molar refractivity (Wildman–Crippen MR) is 123 cm³/mol. The van der Waals surface area contributed by atoms with E-state index in [0.29, 0.717) is 5.54 Å². The molecule has 0 amide bonds. The second-order valence-corrected chi connectivity index (χ2v) is 26.3. The van der Waals surface area contributed by atoms with Crippen molar-refractivity contribution in [1.29, 1.82) is 0 Å². The summed E-state index contributed by atoms with van der Waals surface area (Å²) in [4.78, 5) is 0. The third kappa shape index (κ3) is 8.58. The summed E-state index contributed by atoms with van der Waals surface area (Å²) in [5, 5.41) is 4.26. The molecule has 0 aromatic heterocycles. The van der Waals surface area contributed by atoms with Crippen LogP contribution in [0.4, 0.5) is 0 Å². The Morgan fingerprint density at radius 1 is 1.00 bits per heavy atom. The SMILES string of the molecule is C[Si](C)(C)C1=CC([Si](C)(C)C)[C-]=C1.C[Si](C)=[Ti+2].c1ccc2[cH-]ccc2c1. The van der Waals surface area contributed by atoms with Gasteiger partial charge in [-0.2, -0.15) is 23.6 Å². The van der Waals surface area contributed by atoms with E-state index in [1.165, 1.54) is 10.8 Å². The van der Waals surface area contributed by atoms with Gasteiger partial charge in [-0.3, -0.25) is 6.08 Å². The molecule has 4 heteroatoms. The van der Waals surface area contributed by atoms with Crippen LogP contribution in [-0.4, -0.2) is 22.3 Å². The summed E-state index contributed by atoms with van der Waals surface area (Å²) in [7, 11) is -2.12. The fourth-order valence-electron chi connectivity index (χ4n) is 2.49. The van der Waals surface area contributed by atoms with Gasteiger partial charge in [-0.05, 0) is 8.07 Å². The van der Waals surface area contributed by atoms with E-state index in [2.05, 4.69) is 132 Å². The molecule has 0 spiro atoms. The molecule has 1 atom stereocenters. The Morgan fingerprint density at radius 2 is 1.58 bits per heavy atom. The van der Waals surface area contributed by atoms with E-state index in [1.807, 2.05) is 0 Å². The van der Waals surface area contributed by atoms with Crippen molar-refractivity contribution in [1.82, 2.24) is 0 Å². The van der Waals surface area contributed by atoms with Crippen LogP contribution in [0.1, 0.15) is 0 Å². The zero-order valence-corrected chi connectivity index (χ0v) is 22.3. The zero-order valence-electron chi connectivity index (χ0n) is 17.8. The minimum Gasteiger partial charge on any atom is -0.168 e. The van der Waals surface area contributed by atoms with Crippen molar-refractivity contribution < 1.29 is 19.2 Å². The smallest absolute Gasteiger partial charge is 0.0809 e. The molecule has 138 valence electrons. The number of allylic oxidation sites excluding steroid dienone is 4. The van der Waals surface area contributed by atoms with Crippen molar-refractivity contribution in [2.45, 2.75) is 57.9 Å². The molecule has 1 aliphatic rings. The molecule has 0 bridgehead atoms. The predicted octanol–water partition coefficient (Wildman–Crippen LogP) is 7.21. The molecule has 0 fully saturated rings. The standard InChI is InChI=1S/C11H21Si2.C9H7.C2H6Si.Ti/c1-12(2,3)10-7-8-11(9-10)13(4,5)6;1-2-5-9-7-3-6-8(9)4-1;1-3-2;/h7,9,11H,1-6H3;1-7H;1-2H3;/q2*-1;;+2. The second kappa shape index (κ2) is 10.3. The molecule has 2 aromatic rings. The maximum Gasteiger partial charge on any atom is -0.0809 e. The van der Waals surface area contributed by atoms with Crippen LogP contribution in [0.15, 0.2) is 59.8 Å². The summed E-state index contributed by atoms with van der Waals surface area (Å²) in [5.41, 5.74) is 0.661. The molecule has 0 aliphatic heterocycles. The molecule has 0 radical (unpaired) electrons. The van der Waals surface area contributed by atoms with Gasteiger partial charge in [0.25, 0.3) is 0 Å². The van der Waals surface area contributed by atoms with Gasteiger partial charge in [-0.1, -0.05) is 45.3 Å². The van der Waals surface area contributed by atoms with Gasteiger partial charge in [0.15, 0.2) is 0 Å². The van der Waals surface area contributed by atoms with Crippen LogP contribution in [0.25, 0.3) is 10.8 Å². The number of fused-ring (bicyclic) bond motifs is 1. The van der Waals surface area contributed by atoms with Crippen LogP contribution >= 0.6 is 0 Å². The third-order valence-corrected chi connectivity index (χ3v) is 8.35. The van der Waals surface area contributed by atoms with Crippen LogP contribution in [0.5, 0.6) is 0 Å². The second-order valence-electron chi connectivity index (χ2n) is 9.18. The van der Waals surface area contributed by atoms with Gasteiger partial charge in [0.05, 0.1) is 0 Å². The fourth-order valence-corrected chi connectivity index (χ4v) is 5.10. The molecular formula is C22H34Si3Ti. The van der Waals surface area contributed by atoms with Gasteiger partial charge in [0.2, 0.25) is 0 Å². The van der Waals surface area contributed by atoms with Gasteiger partial charge in [0.1, 0.15) is 0 Å². The molecule has 1 unspecified atom stereocenters. The summed E-state index contributed by atoms with van der Waals surface area (Å²) in [5.74, 6) is 0. The van der Waals surface area contributed by atoms with Crippen LogP contribution in [0.2, 0.25) is 57.9 Å². The average Bonchev–Trinajstić information content (AvgIpc) is 3.16. The topological polar surface area (TPSA) is 0 Å². The van der Waals surface area contributed by atoms with Crippen LogP contribution < -0.4 is 0 Å². The molecule has 0 nitrogen and oxygen atoms in total. The van der Waals surface area contributed by atoms with Gasteiger partial charge in [-0.15, -0.1) is 35.2 Å². The summed E-state index contributed by atoms with van der Waals surface area (Å²) in [6, 6.07) is 14.7. The largest absolute Gasteiger partial charge is 0.168 e. The normalized spacial score (nSPS) is 16.4. The summed E-state index contributed by atoms with van der Waals surface area (Å²) in [6.45, 7) is 19.0. The van der Waals surface area contributed by atoms with Gasteiger partial charge in [0, 0.05) is 8.07 Å². The molecule has 3 rings (SSSR count). The number of hydrogen-bond acceptors (Lipinski definition) is 0. The number of hydrogen-bond donors (Lipinski definition) is 0. The van der Waals surface area contributed by atoms with E-state index in [4.69, 9.17) is 0 Å². The molecule has 0 N–H and O–H groups in total. The molecule has 26 heavy (non-hydrogen) atoms. The van der Waals surface area contributed by atoms with Crippen molar-refractivity contribution in [3.63, 3.8) is 0 Å². The van der Waals surface area contributed by atoms with E-state index in [9.17, 15) is 0 Å². The van der Waals surface area contributed by atoms with Crippen molar-refractivity contribution >= 4 is 33.1 Å². The minimum absolute atomic E-state index is 0.120. The molecule has 0 saturated carbocycles. The monoisotopic (exact) mass is 430 g/mol. The molecule has 2 aromatic carbocycles. The Morgan fingerprint density at radius 3 is 2.00 bits per heavy atom. The molecule has 0 saturated heterocycles. The number of benzene rings is 1. The Labute approximate surface area is 175 Å². The van der Waals surface area contributed by atoms with Gasteiger partial charge in [-0.25, -0.2) is 11.3 Å². The van der Waals surface area contributed by atoms with E-state index in [-0.39, 0.29) is 6.19 Å². The first-order valence-corrected chi connectivity index (χ1v) is 21.3. The van der Waals surface area contributed by atoms with Crippen molar-refractivity contribution in [2.24, 2.45) is 0 Å². The van der Waals surface area contributed by atoms with Crippen molar-refractivity contribution in [2.75, 3.05) is 0 Å². The summed E-state index contributed by atoms with van der Waals surface area (Å²) in [6.07, 6.45) is 8.40. The van der Waals surface area contributed by atoms with Crippen molar-refractivity contribution in [3.8, 4) is 0 Å². The summed E-state index contributed by atoms with van der Waals surface area (Å²) >= 11 is 2.27. The van der Waals surface area contributed by atoms with E-state index in [0.717, 1.165) is 0 Å². The number of rotatable bonds is 2. The first-order chi connectivity index (χ1) is 11.9. The Balaban J connectivity index is 0.000000224. The maximum absolute atomic E-state index is 3.53. The van der Waals surface area contributed by atoms with Crippen LogP contribution in [-0.2, 0) is 19.2 Å². The molecule has 0 heterocycles. The molecular weight excluding hydrogens is 396 g/mol. The fraction of sp³-hybridized carbons (Fsp3) is 0.409. The van der Waals surface area contributed by atoms with Crippen LogP contribution in [0, 0.1) is 6.08 Å². The van der Waals surface area contributed by atoms with E-state index in [1.54, 1.807) is 5.20 Å². The maximum atomic E-state index is 3.53. The van der Waals surface area contributed by atoms with Crippen LogP contribution in [0.3, 0.4) is 0 Å². The Hall–Kier alpha value is -0.325. The average molecular weight is 431 g/mol. The van der Waals surface area contributed by atoms with E-state index >= 15 is 0 Å². The first-order valence-electron chi connectivity index (χ1n) is 9.35.